The Morgan fingerprint density at radius 1 is 0.854 bits per heavy atom. The predicted octanol–water partition coefficient (Wildman–Crippen LogP) is 4.81. The molecule has 3 aliphatic rings. The third-order valence-corrected chi connectivity index (χ3v) is 9.92. The highest BCUT2D eigenvalue weighted by Crippen LogP contribution is 2.37. The van der Waals surface area contributed by atoms with Gasteiger partial charge in [0.25, 0.3) is 0 Å². The number of H-pyrrole nitrogens is 2. The Morgan fingerprint density at radius 3 is 2.02 bits per heavy atom. The van der Waals surface area contributed by atoms with Crippen LogP contribution >= 0.6 is 0 Å². The van der Waals surface area contributed by atoms with Crippen molar-refractivity contribution in [1.29, 1.82) is 0 Å². The van der Waals surface area contributed by atoms with E-state index in [2.05, 4.69) is 79.1 Å². The van der Waals surface area contributed by atoms with Gasteiger partial charge in [-0.2, -0.15) is 0 Å². The molecule has 2 aromatic carbocycles. The molecule has 3 saturated heterocycles. The van der Waals surface area contributed by atoms with Crippen LogP contribution in [0, 0.1) is 5.92 Å². The van der Waals surface area contributed by atoms with Crippen LogP contribution in [-0.2, 0) is 14.3 Å². The minimum Gasteiger partial charge on any atom is -0.453 e. The number of aromatic nitrogens is 4. The van der Waals surface area contributed by atoms with E-state index in [1.165, 1.54) is 7.11 Å². The van der Waals surface area contributed by atoms with Crippen molar-refractivity contribution >= 4 is 17.9 Å². The van der Waals surface area contributed by atoms with Gasteiger partial charge in [0, 0.05) is 19.1 Å². The van der Waals surface area contributed by atoms with Crippen molar-refractivity contribution in [2.24, 2.45) is 5.92 Å². The van der Waals surface area contributed by atoms with E-state index in [4.69, 9.17) is 4.74 Å². The molecule has 3 aliphatic heterocycles. The van der Waals surface area contributed by atoms with Crippen LogP contribution in [0.5, 0.6) is 0 Å². The van der Waals surface area contributed by atoms with Gasteiger partial charge in [0.1, 0.15) is 17.7 Å². The zero-order chi connectivity index (χ0) is 33.4. The Labute approximate surface area is 279 Å². The van der Waals surface area contributed by atoms with Crippen molar-refractivity contribution in [3.8, 4) is 33.6 Å². The van der Waals surface area contributed by atoms with Crippen LogP contribution in [0.25, 0.3) is 33.6 Å². The molecule has 4 N–H and O–H groups in total. The molecule has 2 aromatic heterocycles. The van der Waals surface area contributed by atoms with Gasteiger partial charge in [-0.3, -0.25) is 9.59 Å². The lowest BCUT2D eigenvalue weighted by molar-refractivity contribution is -0.136. The molecular weight excluding hydrogens is 608 g/mol. The number of aromatic amines is 2. The lowest BCUT2D eigenvalue weighted by Crippen LogP contribution is -2.52. The van der Waals surface area contributed by atoms with Gasteiger partial charge in [-0.25, -0.2) is 14.8 Å². The van der Waals surface area contributed by atoms with Crippen molar-refractivity contribution in [3.05, 3.63) is 72.6 Å². The smallest absolute Gasteiger partial charge is 0.407 e. The van der Waals surface area contributed by atoms with Crippen LogP contribution in [-0.4, -0.2) is 86.5 Å². The molecule has 12 heteroatoms. The highest BCUT2D eigenvalue weighted by atomic mass is 16.5. The van der Waals surface area contributed by atoms with Gasteiger partial charge in [0.05, 0.1) is 49.5 Å². The lowest BCUT2D eigenvalue weighted by atomic mass is 10.0. The Hall–Kier alpha value is -4.97. The summed E-state index contributed by atoms with van der Waals surface area (Å²) in [7, 11) is 1.30. The maximum absolute atomic E-state index is 13.5. The van der Waals surface area contributed by atoms with Gasteiger partial charge in [0.2, 0.25) is 11.8 Å². The average Bonchev–Trinajstić information content (AvgIpc) is 3.93. The minimum atomic E-state index is -0.671. The van der Waals surface area contributed by atoms with Crippen molar-refractivity contribution in [2.75, 3.05) is 26.7 Å². The van der Waals surface area contributed by atoms with Crippen molar-refractivity contribution in [2.45, 2.75) is 63.7 Å². The molecule has 4 aromatic rings. The van der Waals surface area contributed by atoms with Crippen molar-refractivity contribution in [1.82, 2.24) is 40.4 Å². The number of imidazole rings is 2. The Kier molecular flexibility index (Phi) is 8.74. The summed E-state index contributed by atoms with van der Waals surface area (Å²) in [6.45, 7) is 5.67. The second kappa shape index (κ2) is 13.3. The van der Waals surface area contributed by atoms with Crippen molar-refractivity contribution < 1.29 is 19.1 Å². The number of hydrogen-bond acceptors (Lipinski definition) is 7. The first-order chi connectivity index (χ1) is 23.3. The standard InChI is InChI=1S/C36H42N8O4/c1-21(2)32(42-36(47)48-3)35(46)43-16-4-5-29(43)33-38-18-27(40-33)24-10-6-22(7-11-24)23-8-12-25(13-9-23)28-19-39-34(41-28)30-15-14-26-17-37-20-31(45)44(26)30/h6-13,18-19,21,26,29-30,32,37H,4-5,14-17,20H2,1-3H3,(H,38,40)(H,39,41)(H,42,47). The van der Waals surface area contributed by atoms with Crippen LogP contribution in [0.1, 0.15) is 63.3 Å². The molecule has 3 amide bonds. The zero-order valence-electron chi connectivity index (χ0n) is 27.5. The van der Waals surface area contributed by atoms with Crippen LogP contribution in [0.4, 0.5) is 4.79 Å². The van der Waals surface area contributed by atoms with Crippen LogP contribution in [0.3, 0.4) is 0 Å². The van der Waals surface area contributed by atoms with Crippen LogP contribution in [0.15, 0.2) is 60.9 Å². The SMILES string of the molecule is COC(=O)NC(C(=O)N1CCCC1c1ncc(-c2ccc(-c3ccc(-c4cnc(C5CCC6CNCC(=O)N65)[nH]4)cc3)cc2)[nH]1)C(C)C. The third kappa shape index (κ3) is 6.08. The topological polar surface area (TPSA) is 148 Å². The summed E-state index contributed by atoms with van der Waals surface area (Å²) < 4.78 is 4.75. The summed E-state index contributed by atoms with van der Waals surface area (Å²) in [5.41, 5.74) is 6.05. The maximum Gasteiger partial charge on any atom is 0.407 e. The van der Waals surface area contributed by atoms with E-state index in [-0.39, 0.29) is 35.9 Å². The Balaban J connectivity index is 1.01. The molecule has 0 saturated carbocycles. The quantitative estimate of drug-likeness (QED) is 0.214. The van der Waals surface area contributed by atoms with E-state index in [9.17, 15) is 14.4 Å². The minimum absolute atomic E-state index is 0.00856. The summed E-state index contributed by atoms with van der Waals surface area (Å²) in [6, 6.07) is 16.1. The number of nitrogens with zero attached hydrogens (tertiary/aromatic N) is 4. The number of fused-ring (bicyclic) bond motifs is 1. The number of rotatable bonds is 8. The molecule has 7 rings (SSSR count). The van der Waals surface area contributed by atoms with E-state index < -0.39 is 12.1 Å². The summed E-state index contributed by atoms with van der Waals surface area (Å²) in [4.78, 5) is 58.0. The first-order valence-corrected chi connectivity index (χ1v) is 16.8. The van der Waals surface area contributed by atoms with Crippen LogP contribution < -0.4 is 10.6 Å². The second-order valence-corrected chi connectivity index (χ2v) is 13.2. The molecule has 48 heavy (non-hydrogen) atoms. The second-order valence-electron chi connectivity index (χ2n) is 13.2. The highest BCUT2D eigenvalue weighted by molar-refractivity contribution is 5.86. The number of methoxy groups -OCH3 is 1. The van der Waals surface area contributed by atoms with Gasteiger partial charge in [0.15, 0.2) is 0 Å². The van der Waals surface area contributed by atoms with E-state index >= 15 is 0 Å². The van der Waals surface area contributed by atoms with E-state index in [1.54, 1.807) is 0 Å². The number of piperazine rings is 1. The molecule has 0 spiro atoms. The fraction of sp³-hybridized carbons (Fsp3) is 0.417. The van der Waals surface area contributed by atoms with Gasteiger partial charge >= 0.3 is 6.09 Å². The van der Waals surface area contributed by atoms with Crippen molar-refractivity contribution in [3.63, 3.8) is 0 Å². The number of hydrogen-bond donors (Lipinski definition) is 4. The molecule has 0 bridgehead atoms. The Morgan fingerprint density at radius 2 is 1.44 bits per heavy atom. The van der Waals surface area contributed by atoms with E-state index in [0.29, 0.717) is 13.1 Å². The summed E-state index contributed by atoms with van der Waals surface area (Å²) >= 11 is 0. The number of alkyl carbamates (subject to hydrolysis) is 1. The first-order valence-electron chi connectivity index (χ1n) is 16.8. The maximum atomic E-state index is 13.5. The lowest BCUT2D eigenvalue weighted by Gasteiger charge is -2.33. The average molecular weight is 651 g/mol. The molecule has 250 valence electrons. The molecule has 12 nitrogen and oxygen atoms in total. The van der Waals surface area contributed by atoms with Crippen LogP contribution in [0.2, 0.25) is 0 Å². The number of benzene rings is 2. The van der Waals surface area contributed by atoms with E-state index in [1.807, 2.05) is 36.0 Å². The van der Waals surface area contributed by atoms with Gasteiger partial charge < -0.3 is 35.1 Å². The molecule has 0 aliphatic carbocycles. The molecule has 4 unspecified atom stereocenters. The molecule has 4 atom stereocenters. The molecule has 3 fully saturated rings. The number of nitrogens with one attached hydrogen (secondary N) is 4. The largest absolute Gasteiger partial charge is 0.453 e. The predicted molar refractivity (Wildman–Crippen MR) is 180 cm³/mol. The zero-order valence-corrected chi connectivity index (χ0v) is 27.5. The highest BCUT2D eigenvalue weighted by Gasteiger charge is 2.41. The molecule has 0 radical (unpaired) electrons. The first kappa shape index (κ1) is 31.6. The number of ether oxygens (including phenoxy) is 1. The number of carbonyl (C=O) groups is 3. The third-order valence-electron chi connectivity index (χ3n) is 9.92. The fourth-order valence-electron chi connectivity index (χ4n) is 7.35. The normalized spacial score (nSPS) is 21.4. The molecular formula is C36H42N8O4. The number of carbonyl (C=O) groups excluding carboxylic acids is 3. The summed E-state index contributed by atoms with van der Waals surface area (Å²) in [5.74, 6) is 1.53. The molecule has 5 heterocycles. The van der Waals surface area contributed by atoms with Gasteiger partial charge in [-0.1, -0.05) is 62.4 Å². The number of likely N-dealkylation sites (tertiary alicyclic amines) is 1. The van der Waals surface area contributed by atoms with Gasteiger partial charge in [-0.05, 0) is 53.9 Å². The monoisotopic (exact) mass is 650 g/mol. The Bertz CT molecular complexity index is 1780. The fourth-order valence-corrected chi connectivity index (χ4v) is 7.35. The number of amides is 3. The summed E-state index contributed by atoms with van der Waals surface area (Å²) in [5, 5.41) is 5.91. The van der Waals surface area contributed by atoms with E-state index in [0.717, 1.165) is 77.5 Å². The van der Waals surface area contributed by atoms with Gasteiger partial charge in [-0.15, -0.1) is 0 Å². The summed E-state index contributed by atoms with van der Waals surface area (Å²) in [6.07, 6.45) is 6.64.